The maximum Gasteiger partial charge on any atom is 0.234 e. The van der Waals surface area contributed by atoms with Crippen LogP contribution in [-0.2, 0) is 4.79 Å². The van der Waals surface area contributed by atoms with Crippen LogP contribution >= 0.6 is 11.8 Å². The Labute approximate surface area is 178 Å². The molecule has 0 aliphatic heterocycles. The first-order valence-electron chi connectivity index (χ1n) is 9.63. The van der Waals surface area contributed by atoms with Crippen LogP contribution < -0.4 is 5.32 Å². The van der Waals surface area contributed by atoms with E-state index in [9.17, 15) is 9.59 Å². The fourth-order valence-corrected chi connectivity index (χ4v) is 4.40. The molecule has 0 aliphatic rings. The van der Waals surface area contributed by atoms with Gasteiger partial charge in [0, 0.05) is 16.6 Å². The standard InChI is InChI=1S/C23H22N4O2S/c1-13-8-15(3)22-19(9-13)14(2)10-20-25-26-23(27(20)22)30-12-21(29)24-18-7-5-6-17(11-18)16(4)28/h5-11H,12H2,1-4H3,(H,24,29). The molecule has 2 aromatic heterocycles. The van der Waals surface area contributed by atoms with Crippen molar-refractivity contribution >= 4 is 45.7 Å². The van der Waals surface area contributed by atoms with Crippen molar-refractivity contribution in [2.24, 2.45) is 0 Å². The smallest absolute Gasteiger partial charge is 0.234 e. The molecule has 30 heavy (non-hydrogen) atoms. The van der Waals surface area contributed by atoms with Crippen LogP contribution in [0, 0.1) is 20.8 Å². The van der Waals surface area contributed by atoms with E-state index in [2.05, 4.69) is 48.4 Å². The molecule has 6 nitrogen and oxygen atoms in total. The zero-order valence-corrected chi connectivity index (χ0v) is 18.1. The Hall–Kier alpha value is -3.19. The third-order valence-electron chi connectivity index (χ3n) is 4.98. The van der Waals surface area contributed by atoms with E-state index >= 15 is 0 Å². The molecule has 2 aromatic carbocycles. The Morgan fingerprint density at radius 1 is 1.03 bits per heavy atom. The van der Waals surface area contributed by atoms with Gasteiger partial charge in [-0.15, -0.1) is 10.2 Å². The molecular weight excluding hydrogens is 396 g/mol. The van der Waals surface area contributed by atoms with E-state index in [0.29, 0.717) is 16.4 Å². The van der Waals surface area contributed by atoms with Gasteiger partial charge in [-0.25, -0.2) is 0 Å². The van der Waals surface area contributed by atoms with Crippen LogP contribution in [0.2, 0.25) is 0 Å². The summed E-state index contributed by atoms with van der Waals surface area (Å²) in [5.41, 5.74) is 6.50. The van der Waals surface area contributed by atoms with Crippen molar-refractivity contribution in [3.05, 3.63) is 64.7 Å². The normalized spacial score (nSPS) is 11.2. The maximum atomic E-state index is 12.5. The molecule has 0 spiro atoms. The van der Waals surface area contributed by atoms with Gasteiger partial charge in [-0.05, 0) is 63.1 Å². The molecule has 1 amide bonds. The molecule has 7 heteroatoms. The molecule has 0 unspecified atom stereocenters. The summed E-state index contributed by atoms with van der Waals surface area (Å²) >= 11 is 1.34. The lowest BCUT2D eigenvalue weighted by molar-refractivity contribution is -0.113. The predicted molar refractivity (Wildman–Crippen MR) is 121 cm³/mol. The molecule has 0 saturated carbocycles. The van der Waals surface area contributed by atoms with Crippen molar-refractivity contribution in [2.45, 2.75) is 32.9 Å². The highest BCUT2D eigenvalue weighted by Gasteiger charge is 2.15. The first kappa shape index (κ1) is 20.1. The van der Waals surface area contributed by atoms with Crippen molar-refractivity contribution in [1.82, 2.24) is 14.6 Å². The van der Waals surface area contributed by atoms with Gasteiger partial charge in [-0.3, -0.25) is 14.0 Å². The van der Waals surface area contributed by atoms with Crippen LogP contribution in [0.3, 0.4) is 0 Å². The second kappa shape index (κ2) is 7.91. The first-order valence-corrected chi connectivity index (χ1v) is 10.6. The van der Waals surface area contributed by atoms with Gasteiger partial charge in [0.15, 0.2) is 16.6 Å². The Kier molecular flexibility index (Phi) is 5.30. The van der Waals surface area contributed by atoms with E-state index in [-0.39, 0.29) is 17.4 Å². The van der Waals surface area contributed by atoms with E-state index in [1.54, 1.807) is 24.3 Å². The molecule has 4 aromatic rings. The lowest BCUT2D eigenvalue weighted by Crippen LogP contribution is -2.14. The van der Waals surface area contributed by atoms with Gasteiger partial charge in [-0.2, -0.15) is 0 Å². The van der Waals surface area contributed by atoms with Gasteiger partial charge in [0.25, 0.3) is 0 Å². The molecule has 0 radical (unpaired) electrons. The minimum Gasteiger partial charge on any atom is -0.325 e. The molecule has 2 heterocycles. The number of aromatic nitrogens is 3. The minimum atomic E-state index is -0.165. The van der Waals surface area contributed by atoms with E-state index in [1.807, 2.05) is 10.5 Å². The van der Waals surface area contributed by atoms with Crippen LogP contribution in [0.4, 0.5) is 5.69 Å². The summed E-state index contributed by atoms with van der Waals surface area (Å²) in [7, 11) is 0. The summed E-state index contributed by atoms with van der Waals surface area (Å²) in [6.45, 7) is 7.74. The molecule has 0 fully saturated rings. The number of Topliss-reactive ketones (excluding diaryl/α,β-unsaturated/α-hetero) is 1. The molecule has 0 bridgehead atoms. The average molecular weight is 419 g/mol. The monoisotopic (exact) mass is 418 g/mol. The highest BCUT2D eigenvalue weighted by molar-refractivity contribution is 7.99. The number of benzene rings is 2. The molecule has 0 saturated heterocycles. The Morgan fingerprint density at radius 2 is 1.83 bits per heavy atom. The fraction of sp³-hybridized carbons (Fsp3) is 0.217. The Morgan fingerprint density at radius 3 is 2.60 bits per heavy atom. The van der Waals surface area contributed by atoms with Gasteiger partial charge in [0.05, 0.1) is 11.3 Å². The topological polar surface area (TPSA) is 76.4 Å². The average Bonchev–Trinajstić information content (AvgIpc) is 3.09. The van der Waals surface area contributed by atoms with Gasteiger partial charge in [-0.1, -0.05) is 35.5 Å². The molecule has 1 N–H and O–H groups in total. The number of hydrogen-bond donors (Lipinski definition) is 1. The molecule has 0 atom stereocenters. The third-order valence-corrected chi connectivity index (χ3v) is 5.91. The largest absolute Gasteiger partial charge is 0.325 e. The van der Waals surface area contributed by atoms with Gasteiger partial charge < -0.3 is 5.32 Å². The zero-order chi connectivity index (χ0) is 21.4. The van der Waals surface area contributed by atoms with Gasteiger partial charge >= 0.3 is 0 Å². The highest BCUT2D eigenvalue weighted by Crippen LogP contribution is 2.29. The molecule has 152 valence electrons. The van der Waals surface area contributed by atoms with Crippen LogP contribution in [0.1, 0.15) is 34.0 Å². The summed E-state index contributed by atoms with van der Waals surface area (Å²) in [4.78, 5) is 24.0. The second-order valence-electron chi connectivity index (χ2n) is 7.46. The number of thioether (sulfide) groups is 1. The second-order valence-corrected chi connectivity index (χ2v) is 8.40. The van der Waals surface area contributed by atoms with Crippen molar-refractivity contribution in [1.29, 1.82) is 0 Å². The number of rotatable bonds is 5. The number of aryl methyl sites for hydroxylation is 3. The number of ketones is 1. The number of amides is 1. The quantitative estimate of drug-likeness (QED) is 0.374. The van der Waals surface area contributed by atoms with E-state index in [1.165, 1.54) is 24.2 Å². The lowest BCUT2D eigenvalue weighted by atomic mass is 10.0. The van der Waals surface area contributed by atoms with Crippen LogP contribution in [-0.4, -0.2) is 32.0 Å². The summed E-state index contributed by atoms with van der Waals surface area (Å²) in [6.07, 6.45) is 0. The zero-order valence-electron chi connectivity index (χ0n) is 17.3. The third kappa shape index (κ3) is 3.80. The predicted octanol–water partition coefficient (Wildman–Crippen LogP) is 4.74. The summed E-state index contributed by atoms with van der Waals surface area (Å²) < 4.78 is 2.02. The van der Waals surface area contributed by atoms with E-state index in [0.717, 1.165) is 27.7 Å². The number of hydrogen-bond acceptors (Lipinski definition) is 5. The number of carbonyl (C=O) groups excluding carboxylic acids is 2. The van der Waals surface area contributed by atoms with Gasteiger partial charge in [0.2, 0.25) is 5.91 Å². The minimum absolute atomic E-state index is 0.0387. The van der Waals surface area contributed by atoms with Crippen LogP contribution in [0.15, 0.2) is 47.6 Å². The van der Waals surface area contributed by atoms with Crippen molar-refractivity contribution < 1.29 is 9.59 Å². The molecule has 0 aliphatic carbocycles. The molecular formula is C23H22N4O2S. The van der Waals surface area contributed by atoms with Crippen LogP contribution in [0.25, 0.3) is 16.6 Å². The van der Waals surface area contributed by atoms with Crippen LogP contribution in [0.5, 0.6) is 0 Å². The Bertz CT molecular complexity index is 1310. The number of carbonyl (C=O) groups is 2. The number of nitrogens with one attached hydrogen (secondary N) is 1. The van der Waals surface area contributed by atoms with Gasteiger partial charge in [0.1, 0.15) is 0 Å². The van der Waals surface area contributed by atoms with Crippen molar-refractivity contribution in [3.8, 4) is 0 Å². The van der Waals surface area contributed by atoms with E-state index < -0.39 is 0 Å². The summed E-state index contributed by atoms with van der Waals surface area (Å²) in [5.74, 6) is -0.0182. The van der Waals surface area contributed by atoms with Crippen molar-refractivity contribution in [3.63, 3.8) is 0 Å². The number of anilines is 1. The lowest BCUT2D eigenvalue weighted by Gasteiger charge is -2.11. The van der Waals surface area contributed by atoms with Crippen molar-refractivity contribution in [2.75, 3.05) is 11.1 Å². The fourth-order valence-electron chi connectivity index (χ4n) is 3.65. The SMILES string of the molecule is CC(=O)c1cccc(NC(=O)CSc2nnc3cc(C)c4cc(C)cc(C)c4n23)c1. The number of fused-ring (bicyclic) bond motifs is 3. The summed E-state index contributed by atoms with van der Waals surface area (Å²) in [5, 5.41) is 13.3. The maximum absolute atomic E-state index is 12.5. The molecule has 4 rings (SSSR count). The number of nitrogens with zero attached hydrogens (tertiary/aromatic N) is 3. The highest BCUT2D eigenvalue weighted by atomic mass is 32.2. The Balaban J connectivity index is 1.60. The summed E-state index contributed by atoms with van der Waals surface area (Å²) in [6, 6.07) is 13.3. The number of pyridine rings is 1. The van der Waals surface area contributed by atoms with E-state index in [4.69, 9.17) is 0 Å². The first-order chi connectivity index (χ1) is 14.3.